The van der Waals surface area contributed by atoms with Gasteiger partial charge in [0, 0.05) is 27.1 Å². The Hall–Kier alpha value is -1.85. The quantitative estimate of drug-likeness (QED) is 0.726. The zero-order valence-corrected chi connectivity index (χ0v) is 8.90. The lowest BCUT2D eigenvalue weighted by atomic mass is 10.4. The van der Waals surface area contributed by atoms with Crippen LogP contribution in [-0.4, -0.2) is 41.4 Å². The van der Waals surface area contributed by atoms with Crippen molar-refractivity contribution < 1.29 is 4.79 Å². The fraction of sp³-hybridized carbons (Fsp3) is 0.444. The van der Waals surface area contributed by atoms with Crippen molar-refractivity contribution in [1.82, 2.24) is 14.9 Å². The molecule has 82 valence electrons. The van der Waals surface area contributed by atoms with Gasteiger partial charge in [0.1, 0.15) is 11.6 Å². The molecule has 0 aliphatic rings. The first-order valence-electron chi connectivity index (χ1n) is 4.61. The van der Waals surface area contributed by atoms with E-state index in [1.807, 2.05) is 0 Å². The maximum Gasteiger partial charge on any atom is 0.223 e. The highest BCUT2D eigenvalue weighted by atomic mass is 16.2. The highest BCUT2D eigenvalue weighted by Crippen LogP contribution is 2.02. The highest BCUT2D eigenvalue weighted by Gasteiger charge is 2.03. The van der Waals surface area contributed by atoms with Gasteiger partial charge in [0.25, 0.3) is 0 Å². The molecular formula is C9H15N5O. The van der Waals surface area contributed by atoms with Crippen molar-refractivity contribution in [2.24, 2.45) is 0 Å². The first kappa shape index (κ1) is 11.2. The molecule has 0 saturated heterocycles. The molecule has 0 aliphatic carbocycles. The smallest absolute Gasteiger partial charge is 0.223 e. The number of hydrogen-bond donors (Lipinski definition) is 2. The summed E-state index contributed by atoms with van der Waals surface area (Å²) in [6, 6.07) is 0. The van der Waals surface area contributed by atoms with E-state index in [1.165, 1.54) is 6.20 Å². The Bertz CT molecular complexity index is 339. The second-order valence-corrected chi connectivity index (χ2v) is 3.29. The molecule has 6 heteroatoms. The fourth-order valence-corrected chi connectivity index (χ4v) is 0.987. The van der Waals surface area contributed by atoms with Crippen molar-refractivity contribution in [3.63, 3.8) is 0 Å². The maximum absolute atomic E-state index is 11.2. The number of nitrogens with one attached hydrogen (secondary N) is 1. The average molecular weight is 209 g/mol. The molecule has 0 unspecified atom stereocenters. The molecule has 1 aromatic rings. The maximum atomic E-state index is 11.2. The van der Waals surface area contributed by atoms with Crippen LogP contribution in [0.5, 0.6) is 0 Å². The SMILES string of the molecule is CN(C)C(=O)CCNc1cncc(N)n1. The van der Waals surface area contributed by atoms with Crippen LogP contribution in [0, 0.1) is 0 Å². The molecule has 1 heterocycles. The number of carbonyl (C=O) groups is 1. The monoisotopic (exact) mass is 209 g/mol. The van der Waals surface area contributed by atoms with Gasteiger partial charge in [-0.2, -0.15) is 0 Å². The minimum absolute atomic E-state index is 0.0689. The minimum Gasteiger partial charge on any atom is -0.382 e. The Balaban J connectivity index is 2.35. The summed E-state index contributed by atoms with van der Waals surface area (Å²) >= 11 is 0. The largest absolute Gasteiger partial charge is 0.382 e. The molecule has 1 aromatic heterocycles. The Labute approximate surface area is 88.5 Å². The summed E-state index contributed by atoms with van der Waals surface area (Å²) in [5, 5.41) is 2.97. The van der Waals surface area contributed by atoms with Crippen molar-refractivity contribution in [3.05, 3.63) is 12.4 Å². The van der Waals surface area contributed by atoms with Gasteiger partial charge in [0.15, 0.2) is 0 Å². The predicted octanol–water partition coefficient (Wildman–Crippen LogP) is -0.0510. The highest BCUT2D eigenvalue weighted by molar-refractivity contribution is 5.76. The molecule has 0 spiro atoms. The third-order valence-corrected chi connectivity index (χ3v) is 1.80. The van der Waals surface area contributed by atoms with Crippen molar-refractivity contribution in [2.45, 2.75) is 6.42 Å². The van der Waals surface area contributed by atoms with Crippen LogP contribution >= 0.6 is 0 Å². The molecule has 0 radical (unpaired) electrons. The summed E-state index contributed by atoms with van der Waals surface area (Å²) in [5.41, 5.74) is 5.45. The van der Waals surface area contributed by atoms with Crippen LogP contribution in [-0.2, 0) is 4.79 Å². The number of carbonyl (C=O) groups excluding carboxylic acids is 1. The first-order valence-corrected chi connectivity index (χ1v) is 4.61. The lowest BCUT2D eigenvalue weighted by Gasteiger charge is -2.10. The average Bonchev–Trinajstić information content (AvgIpc) is 2.17. The third kappa shape index (κ3) is 3.80. The van der Waals surface area contributed by atoms with Crippen molar-refractivity contribution in [2.75, 3.05) is 31.7 Å². The van der Waals surface area contributed by atoms with E-state index in [0.717, 1.165) is 0 Å². The molecule has 0 atom stereocenters. The summed E-state index contributed by atoms with van der Waals surface area (Å²) in [6.45, 7) is 0.523. The van der Waals surface area contributed by atoms with E-state index in [-0.39, 0.29) is 5.91 Å². The van der Waals surface area contributed by atoms with Gasteiger partial charge >= 0.3 is 0 Å². The van der Waals surface area contributed by atoms with Crippen LogP contribution < -0.4 is 11.1 Å². The number of hydrogen-bond acceptors (Lipinski definition) is 5. The number of amides is 1. The molecular weight excluding hydrogens is 194 g/mol. The van der Waals surface area contributed by atoms with E-state index >= 15 is 0 Å². The van der Waals surface area contributed by atoms with E-state index in [1.54, 1.807) is 25.2 Å². The fourth-order valence-electron chi connectivity index (χ4n) is 0.987. The number of rotatable bonds is 4. The van der Waals surface area contributed by atoms with Crippen LogP contribution in [0.15, 0.2) is 12.4 Å². The van der Waals surface area contributed by atoms with Crippen LogP contribution in [0.25, 0.3) is 0 Å². The molecule has 0 bridgehead atoms. The first-order chi connectivity index (χ1) is 7.09. The molecule has 0 fully saturated rings. The van der Waals surface area contributed by atoms with Crippen molar-refractivity contribution in [3.8, 4) is 0 Å². The molecule has 0 aromatic carbocycles. The van der Waals surface area contributed by atoms with E-state index in [4.69, 9.17) is 5.73 Å². The van der Waals surface area contributed by atoms with Gasteiger partial charge < -0.3 is 16.0 Å². The normalized spacial score (nSPS) is 9.73. The minimum atomic E-state index is 0.0689. The van der Waals surface area contributed by atoms with Crippen LogP contribution in [0.4, 0.5) is 11.6 Å². The number of anilines is 2. The summed E-state index contributed by atoms with van der Waals surface area (Å²) < 4.78 is 0. The van der Waals surface area contributed by atoms with E-state index in [0.29, 0.717) is 24.6 Å². The lowest BCUT2D eigenvalue weighted by Crippen LogP contribution is -2.24. The molecule has 0 aliphatic heterocycles. The van der Waals surface area contributed by atoms with Crippen LogP contribution in [0.1, 0.15) is 6.42 Å². The molecule has 6 nitrogen and oxygen atoms in total. The topological polar surface area (TPSA) is 84.1 Å². The van der Waals surface area contributed by atoms with Crippen LogP contribution in [0.3, 0.4) is 0 Å². The van der Waals surface area contributed by atoms with E-state index in [9.17, 15) is 4.79 Å². The molecule has 0 saturated carbocycles. The Morgan fingerprint density at radius 1 is 1.53 bits per heavy atom. The van der Waals surface area contributed by atoms with Crippen LogP contribution in [0.2, 0.25) is 0 Å². The number of nitrogen functional groups attached to an aromatic ring is 1. The summed E-state index contributed by atoms with van der Waals surface area (Å²) in [4.78, 5) is 20.6. The van der Waals surface area contributed by atoms with E-state index < -0.39 is 0 Å². The Morgan fingerprint density at radius 3 is 2.87 bits per heavy atom. The van der Waals surface area contributed by atoms with Crippen molar-refractivity contribution >= 4 is 17.5 Å². The number of aromatic nitrogens is 2. The van der Waals surface area contributed by atoms with Gasteiger partial charge in [-0.25, -0.2) is 4.98 Å². The second-order valence-electron chi connectivity index (χ2n) is 3.29. The number of nitrogens with zero attached hydrogens (tertiary/aromatic N) is 3. The molecule has 3 N–H and O–H groups in total. The zero-order valence-electron chi connectivity index (χ0n) is 8.90. The van der Waals surface area contributed by atoms with Gasteiger partial charge in [0.2, 0.25) is 5.91 Å². The summed E-state index contributed by atoms with van der Waals surface area (Å²) in [7, 11) is 3.45. The van der Waals surface area contributed by atoms with Gasteiger partial charge in [-0.3, -0.25) is 9.78 Å². The number of nitrogens with two attached hydrogens (primary N) is 1. The standard InChI is InChI=1S/C9H15N5O/c1-14(2)9(15)3-4-12-8-6-11-5-7(10)13-8/h5-6H,3-4H2,1-2H3,(H3,10,12,13). The summed E-state index contributed by atoms with van der Waals surface area (Å²) in [6.07, 6.45) is 3.45. The lowest BCUT2D eigenvalue weighted by molar-refractivity contribution is -0.128. The third-order valence-electron chi connectivity index (χ3n) is 1.80. The molecule has 15 heavy (non-hydrogen) atoms. The van der Waals surface area contributed by atoms with Gasteiger partial charge in [-0.05, 0) is 0 Å². The molecule has 1 amide bonds. The molecule has 1 rings (SSSR count). The van der Waals surface area contributed by atoms with Crippen molar-refractivity contribution in [1.29, 1.82) is 0 Å². The Morgan fingerprint density at radius 2 is 2.27 bits per heavy atom. The second kappa shape index (κ2) is 5.14. The van der Waals surface area contributed by atoms with E-state index in [2.05, 4.69) is 15.3 Å². The van der Waals surface area contributed by atoms with Gasteiger partial charge in [0.05, 0.1) is 12.4 Å². The van der Waals surface area contributed by atoms with Gasteiger partial charge in [-0.1, -0.05) is 0 Å². The zero-order chi connectivity index (χ0) is 11.3. The Kier molecular flexibility index (Phi) is 3.84. The predicted molar refractivity (Wildman–Crippen MR) is 58.2 cm³/mol. The van der Waals surface area contributed by atoms with Gasteiger partial charge in [-0.15, -0.1) is 0 Å². The summed E-state index contributed by atoms with van der Waals surface area (Å²) in [5.74, 6) is 1.01.